The van der Waals surface area contributed by atoms with Crippen molar-refractivity contribution in [3.05, 3.63) is 64.2 Å². The van der Waals surface area contributed by atoms with Gasteiger partial charge in [-0.25, -0.2) is 4.79 Å². The first-order valence-electron chi connectivity index (χ1n) is 9.75. The van der Waals surface area contributed by atoms with E-state index in [2.05, 4.69) is 52.1 Å². The number of ether oxygens (including phenoxy) is 1. The molecule has 0 amide bonds. The number of aryl methyl sites for hydroxylation is 3. The van der Waals surface area contributed by atoms with Crippen LogP contribution >= 0.6 is 0 Å². The Balaban J connectivity index is 2.11. The molecular weight excluding hydrogens is 350 g/mol. The molecule has 0 aliphatic heterocycles. The molecule has 1 atom stereocenters. The standard InChI is InChI=1S/C24H31NO3/c1-15(2)11-22(24(27)28-6)25-20-9-7-19(8-10-20)23(26)14-21-17(4)12-16(3)13-18(21)5/h7-10,12-13,15,22,25H,11,14H2,1-6H3/t22-/m0/s1. The quantitative estimate of drug-likeness (QED) is 0.514. The third-order valence-electron chi connectivity index (χ3n) is 4.92. The maximum absolute atomic E-state index is 12.7. The molecule has 4 heteroatoms. The molecule has 2 aromatic carbocycles. The fourth-order valence-corrected chi connectivity index (χ4v) is 3.53. The van der Waals surface area contributed by atoms with Crippen LogP contribution < -0.4 is 5.32 Å². The zero-order chi connectivity index (χ0) is 20.8. The highest BCUT2D eigenvalue weighted by atomic mass is 16.5. The van der Waals surface area contributed by atoms with Gasteiger partial charge in [0.15, 0.2) is 5.78 Å². The van der Waals surface area contributed by atoms with Crippen LogP contribution in [0.2, 0.25) is 0 Å². The van der Waals surface area contributed by atoms with Crippen molar-refractivity contribution in [2.45, 2.75) is 53.5 Å². The molecule has 1 N–H and O–H groups in total. The number of carbonyl (C=O) groups excluding carboxylic acids is 2. The van der Waals surface area contributed by atoms with Gasteiger partial charge in [0.05, 0.1) is 7.11 Å². The third kappa shape index (κ3) is 5.69. The first kappa shape index (κ1) is 21.7. The molecule has 0 aliphatic carbocycles. The number of carbonyl (C=O) groups is 2. The van der Waals surface area contributed by atoms with E-state index in [9.17, 15) is 9.59 Å². The first-order chi connectivity index (χ1) is 13.2. The van der Waals surface area contributed by atoms with Crippen molar-refractivity contribution in [2.24, 2.45) is 5.92 Å². The molecule has 0 saturated heterocycles. The van der Waals surface area contributed by atoms with Crippen LogP contribution in [0.1, 0.15) is 52.9 Å². The van der Waals surface area contributed by atoms with Crippen LogP contribution in [0.15, 0.2) is 36.4 Å². The van der Waals surface area contributed by atoms with Gasteiger partial charge in [-0.15, -0.1) is 0 Å². The van der Waals surface area contributed by atoms with E-state index in [0.717, 1.165) is 22.4 Å². The van der Waals surface area contributed by atoms with Crippen LogP contribution in [0.25, 0.3) is 0 Å². The summed E-state index contributed by atoms with van der Waals surface area (Å²) >= 11 is 0. The summed E-state index contributed by atoms with van der Waals surface area (Å²) in [6.45, 7) is 10.3. The van der Waals surface area contributed by atoms with Crippen molar-refractivity contribution in [3.8, 4) is 0 Å². The second kappa shape index (κ2) is 9.54. The maximum Gasteiger partial charge on any atom is 0.328 e. The van der Waals surface area contributed by atoms with Gasteiger partial charge in [0.2, 0.25) is 0 Å². The summed E-state index contributed by atoms with van der Waals surface area (Å²) in [6, 6.07) is 11.1. The molecule has 0 bridgehead atoms. The summed E-state index contributed by atoms with van der Waals surface area (Å²) < 4.78 is 4.89. The maximum atomic E-state index is 12.7. The van der Waals surface area contributed by atoms with E-state index in [4.69, 9.17) is 4.74 Å². The fourth-order valence-electron chi connectivity index (χ4n) is 3.53. The zero-order valence-electron chi connectivity index (χ0n) is 17.8. The predicted octanol–water partition coefficient (Wildman–Crippen LogP) is 5.04. The normalized spacial score (nSPS) is 12.0. The fraction of sp³-hybridized carbons (Fsp3) is 0.417. The molecule has 0 spiro atoms. The number of anilines is 1. The van der Waals surface area contributed by atoms with Crippen LogP contribution in [0.5, 0.6) is 0 Å². The van der Waals surface area contributed by atoms with Gasteiger partial charge in [0.25, 0.3) is 0 Å². The molecule has 0 saturated carbocycles. The number of nitrogens with one attached hydrogen (secondary N) is 1. The largest absolute Gasteiger partial charge is 0.467 e. The summed E-state index contributed by atoms with van der Waals surface area (Å²) in [4.78, 5) is 24.7. The number of Topliss-reactive ketones (excluding diaryl/α,β-unsaturated/α-hetero) is 1. The van der Waals surface area contributed by atoms with E-state index in [1.165, 1.54) is 12.7 Å². The Kier molecular flexibility index (Phi) is 7.38. The van der Waals surface area contributed by atoms with Crippen LogP contribution in [0, 0.1) is 26.7 Å². The van der Waals surface area contributed by atoms with E-state index < -0.39 is 6.04 Å². The Labute approximate surface area is 168 Å². The average molecular weight is 382 g/mol. The Bertz CT molecular complexity index is 814. The molecule has 0 heterocycles. The van der Waals surface area contributed by atoms with Crippen molar-refractivity contribution in [2.75, 3.05) is 12.4 Å². The van der Waals surface area contributed by atoms with Gasteiger partial charge in [-0.05, 0) is 74.1 Å². The summed E-state index contributed by atoms with van der Waals surface area (Å²) in [5.74, 6) is 0.172. The van der Waals surface area contributed by atoms with Crippen LogP contribution in [-0.4, -0.2) is 24.9 Å². The number of ketones is 1. The minimum Gasteiger partial charge on any atom is -0.467 e. The van der Waals surface area contributed by atoms with Gasteiger partial charge in [0.1, 0.15) is 6.04 Å². The van der Waals surface area contributed by atoms with Gasteiger partial charge in [0, 0.05) is 17.7 Å². The molecule has 150 valence electrons. The highest BCUT2D eigenvalue weighted by Gasteiger charge is 2.20. The van der Waals surface area contributed by atoms with Crippen LogP contribution in [-0.2, 0) is 16.0 Å². The SMILES string of the molecule is COC(=O)[C@H](CC(C)C)Nc1ccc(C(=O)Cc2c(C)cc(C)cc2C)cc1. The smallest absolute Gasteiger partial charge is 0.328 e. The number of hydrogen-bond acceptors (Lipinski definition) is 4. The van der Waals surface area contributed by atoms with Crippen LogP contribution in [0.3, 0.4) is 0 Å². The van der Waals surface area contributed by atoms with E-state index in [1.807, 2.05) is 24.3 Å². The average Bonchev–Trinajstić information content (AvgIpc) is 2.63. The molecule has 0 aromatic heterocycles. The van der Waals surface area contributed by atoms with Gasteiger partial charge in [-0.2, -0.15) is 0 Å². The number of rotatable bonds is 8. The lowest BCUT2D eigenvalue weighted by molar-refractivity contribution is -0.141. The van der Waals surface area contributed by atoms with E-state index in [0.29, 0.717) is 24.3 Å². The van der Waals surface area contributed by atoms with E-state index in [-0.39, 0.29) is 11.8 Å². The zero-order valence-corrected chi connectivity index (χ0v) is 17.8. The molecule has 0 radical (unpaired) electrons. The van der Waals surface area contributed by atoms with Crippen molar-refractivity contribution in [1.82, 2.24) is 0 Å². The summed E-state index contributed by atoms with van der Waals surface area (Å²) in [5.41, 5.74) is 6.08. The second-order valence-corrected chi connectivity index (χ2v) is 7.90. The van der Waals surface area contributed by atoms with Gasteiger partial charge >= 0.3 is 5.97 Å². The number of hydrogen-bond donors (Lipinski definition) is 1. The van der Waals surface area contributed by atoms with Crippen molar-refractivity contribution in [1.29, 1.82) is 0 Å². The Morgan fingerprint density at radius 1 is 1.00 bits per heavy atom. The topological polar surface area (TPSA) is 55.4 Å². The van der Waals surface area contributed by atoms with Gasteiger partial charge in [-0.3, -0.25) is 4.79 Å². The van der Waals surface area contributed by atoms with Crippen molar-refractivity contribution in [3.63, 3.8) is 0 Å². The molecule has 0 fully saturated rings. The lowest BCUT2D eigenvalue weighted by atomic mass is 9.94. The summed E-state index contributed by atoms with van der Waals surface area (Å²) in [7, 11) is 1.40. The van der Waals surface area contributed by atoms with Crippen molar-refractivity contribution < 1.29 is 14.3 Å². The molecule has 2 aromatic rings. The minimum atomic E-state index is -0.399. The number of esters is 1. The molecule has 0 unspecified atom stereocenters. The predicted molar refractivity (Wildman–Crippen MR) is 114 cm³/mol. The van der Waals surface area contributed by atoms with E-state index >= 15 is 0 Å². The molecular formula is C24H31NO3. The molecule has 28 heavy (non-hydrogen) atoms. The van der Waals surface area contributed by atoms with Gasteiger partial charge in [-0.1, -0.05) is 31.5 Å². The van der Waals surface area contributed by atoms with Crippen molar-refractivity contribution >= 4 is 17.4 Å². The van der Waals surface area contributed by atoms with Gasteiger partial charge < -0.3 is 10.1 Å². The minimum absolute atomic E-state index is 0.0910. The molecule has 2 rings (SSSR count). The monoisotopic (exact) mass is 381 g/mol. The lowest BCUT2D eigenvalue weighted by Gasteiger charge is -2.19. The molecule has 4 nitrogen and oxygen atoms in total. The number of methoxy groups -OCH3 is 1. The Hall–Kier alpha value is -2.62. The van der Waals surface area contributed by atoms with E-state index in [1.54, 1.807) is 0 Å². The highest BCUT2D eigenvalue weighted by Crippen LogP contribution is 2.20. The Morgan fingerprint density at radius 2 is 1.57 bits per heavy atom. The molecule has 0 aliphatic rings. The summed E-state index contributed by atoms with van der Waals surface area (Å²) in [6.07, 6.45) is 1.07. The number of benzene rings is 2. The first-order valence-corrected chi connectivity index (χ1v) is 9.75. The highest BCUT2D eigenvalue weighted by molar-refractivity contribution is 5.98. The Morgan fingerprint density at radius 3 is 2.07 bits per heavy atom. The lowest BCUT2D eigenvalue weighted by Crippen LogP contribution is -2.32. The summed E-state index contributed by atoms with van der Waals surface area (Å²) in [5, 5.41) is 3.22. The second-order valence-electron chi connectivity index (χ2n) is 7.90. The third-order valence-corrected chi connectivity index (χ3v) is 4.92. The van der Waals surface area contributed by atoms with Crippen LogP contribution in [0.4, 0.5) is 5.69 Å².